The Morgan fingerprint density at radius 3 is 2.39 bits per heavy atom. The highest BCUT2D eigenvalue weighted by Crippen LogP contribution is 2.20. The van der Waals surface area contributed by atoms with E-state index < -0.39 is 0 Å². The van der Waals surface area contributed by atoms with Crippen LogP contribution in [-0.4, -0.2) is 0 Å². The van der Waals surface area contributed by atoms with E-state index in [1.54, 1.807) is 0 Å². The summed E-state index contributed by atoms with van der Waals surface area (Å²) >= 11 is 2.31. The maximum absolute atomic E-state index is 6.29. The van der Waals surface area contributed by atoms with Crippen LogP contribution in [0.25, 0.3) is 0 Å². The highest BCUT2D eigenvalue weighted by Gasteiger charge is 2.08. The molecule has 0 bridgehead atoms. The number of nitrogens with two attached hydrogens (primary N) is 1. The summed E-state index contributed by atoms with van der Waals surface area (Å²) in [5, 5.41) is 0. The summed E-state index contributed by atoms with van der Waals surface area (Å²) in [6, 6.07) is 15.1. The van der Waals surface area contributed by atoms with Crippen molar-refractivity contribution in [3.8, 4) is 0 Å². The third-order valence-corrected chi connectivity index (χ3v) is 3.96. The average molecular weight is 351 g/mol. The highest BCUT2D eigenvalue weighted by molar-refractivity contribution is 14.1. The minimum atomic E-state index is 0.0718. The molecule has 18 heavy (non-hydrogen) atoms. The summed E-state index contributed by atoms with van der Waals surface area (Å²) in [7, 11) is 0. The van der Waals surface area contributed by atoms with E-state index in [2.05, 4.69) is 78.9 Å². The molecule has 94 valence electrons. The molecular formula is C16H18IN. The average Bonchev–Trinajstić information content (AvgIpc) is 2.34. The number of hydrogen-bond donors (Lipinski definition) is 1. The van der Waals surface area contributed by atoms with E-state index >= 15 is 0 Å². The van der Waals surface area contributed by atoms with Gasteiger partial charge in [0.1, 0.15) is 0 Å². The van der Waals surface area contributed by atoms with Gasteiger partial charge in [0, 0.05) is 9.61 Å². The Balaban J connectivity index is 2.18. The SMILES string of the molecule is Cc1ccc(C)c(CC(N)c2ccc(I)cc2)c1. The molecule has 2 aromatic carbocycles. The molecule has 0 aliphatic rings. The number of hydrogen-bond acceptors (Lipinski definition) is 1. The summed E-state index contributed by atoms with van der Waals surface area (Å²) < 4.78 is 1.25. The van der Waals surface area contributed by atoms with Gasteiger partial charge in [0.05, 0.1) is 0 Å². The van der Waals surface area contributed by atoms with Gasteiger partial charge in [0.25, 0.3) is 0 Å². The first-order chi connectivity index (χ1) is 8.56. The molecule has 2 aromatic rings. The lowest BCUT2D eigenvalue weighted by Gasteiger charge is -2.14. The van der Waals surface area contributed by atoms with E-state index in [9.17, 15) is 0 Å². The Morgan fingerprint density at radius 2 is 1.72 bits per heavy atom. The lowest BCUT2D eigenvalue weighted by molar-refractivity contribution is 0.718. The van der Waals surface area contributed by atoms with Gasteiger partial charge in [-0.15, -0.1) is 0 Å². The third-order valence-electron chi connectivity index (χ3n) is 3.24. The molecule has 0 radical (unpaired) electrons. The standard InChI is InChI=1S/C16H18IN/c1-11-3-4-12(2)14(9-11)10-16(18)13-5-7-15(17)8-6-13/h3-9,16H,10,18H2,1-2H3. The lowest BCUT2D eigenvalue weighted by atomic mass is 9.95. The first-order valence-electron chi connectivity index (χ1n) is 6.13. The summed E-state index contributed by atoms with van der Waals surface area (Å²) in [5.41, 5.74) is 11.5. The van der Waals surface area contributed by atoms with E-state index in [1.807, 2.05) is 0 Å². The molecule has 0 aliphatic heterocycles. The van der Waals surface area contributed by atoms with Crippen LogP contribution in [0.5, 0.6) is 0 Å². The van der Waals surface area contributed by atoms with Gasteiger partial charge in [0.2, 0.25) is 0 Å². The summed E-state index contributed by atoms with van der Waals surface area (Å²) in [6.45, 7) is 4.27. The molecule has 0 aromatic heterocycles. The Hall–Kier alpha value is -0.870. The zero-order valence-corrected chi connectivity index (χ0v) is 12.9. The van der Waals surface area contributed by atoms with Gasteiger partial charge in [-0.2, -0.15) is 0 Å². The molecule has 1 unspecified atom stereocenters. The van der Waals surface area contributed by atoms with Crippen molar-refractivity contribution in [1.29, 1.82) is 0 Å². The van der Waals surface area contributed by atoms with Crippen LogP contribution < -0.4 is 5.73 Å². The Labute approximate surface area is 123 Å². The van der Waals surface area contributed by atoms with E-state index in [4.69, 9.17) is 5.73 Å². The molecule has 0 amide bonds. The minimum Gasteiger partial charge on any atom is -0.324 e. The molecule has 0 aliphatic carbocycles. The second kappa shape index (κ2) is 5.85. The summed E-state index contributed by atoms with van der Waals surface area (Å²) in [4.78, 5) is 0. The molecular weight excluding hydrogens is 333 g/mol. The Bertz CT molecular complexity index is 531. The largest absolute Gasteiger partial charge is 0.324 e. The topological polar surface area (TPSA) is 26.0 Å². The zero-order chi connectivity index (χ0) is 13.1. The Kier molecular flexibility index (Phi) is 4.40. The van der Waals surface area contributed by atoms with Crippen molar-refractivity contribution in [3.05, 3.63) is 68.3 Å². The van der Waals surface area contributed by atoms with Crippen LogP contribution in [0, 0.1) is 17.4 Å². The van der Waals surface area contributed by atoms with Crippen LogP contribution in [0.1, 0.15) is 28.3 Å². The summed E-state index contributed by atoms with van der Waals surface area (Å²) in [6.07, 6.45) is 0.897. The smallest absolute Gasteiger partial charge is 0.0335 e. The van der Waals surface area contributed by atoms with Crippen molar-refractivity contribution in [2.45, 2.75) is 26.3 Å². The first-order valence-corrected chi connectivity index (χ1v) is 7.21. The fourth-order valence-electron chi connectivity index (χ4n) is 2.08. The molecule has 2 N–H and O–H groups in total. The van der Waals surface area contributed by atoms with E-state index in [1.165, 1.54) is 25.8 Å². The van der Waals surface area contributed by atoms with Crippen LogP contribution in [-0.2, 0) is 6.42 Å². The predicted molar refractivity (Wildman–Crippen MR) is 85.7 cm³/mol. The van der Waals surface area contributed by atoms with Crippen molar-refractivity contribution in [2.24, 2.45) is 5.73 Å². The molecule has 0 saturated carbocycles. The third kappa shape index (κ3) is 3.33. The number of benzene rings is 2. The normalized spacial score (nSPS) is 12.4. The van der Waals surface area contributed by atoms with Crippen LogP contribution in [0.4, 0.5) is 0 Å². The quantitative estimate of drug-likeness (QED) is 0.826. The first kappa shape index (κ1) is 13.6. The fraction of sp³-hybridized carbons (Fsp3) is 0.250. The van der Waals surface area contributed by atoms with Gasteiger partial charge in [-0.25, -0.2) is 0 Å². The maximum atomic E-state index is 6.29. The zero-order valence-electron chi connectivity index (χ0n) is 10.8. The molecule has 2 heteroatoms. The van der Waals surface area contributed by atoms with Crippen molar-refractivity contribution < 1.29 is 0 Å². The van der Waals surface area contributed by atoms with Crippen molar-refractivity contribution in [3.63, 3.8) is 0 Å². The number of halogens is 1. The maximum Gasteiger partial charge on any atom is 0.0335 e. The van der Waals surface area contributed by atoms with Crippen LogP contribution in [0.15, 0.2) is 42.5 Å². The second-order valence-electron chi connectivity index (χ2n) is 4.79. The predicted octanol–water partition coefficient (Wildman–Crippen LogP) is 4.15. The molecule has 0 fully saturated rings. The number of aryl methyl sites for hydroxylation is 2. The van der Waals surface area contributed by atoms with Crippen molar-refractivity contribution in [2.75, 3.05) is 0 Å². The minimum absolute atomic E-state index is 0.0718. The van der Waals surface area contributed by atoms with Gasteiger partial charge in [0.15, 0.2) is 0 Å². The molecule has 1 atom stereocenters. The van der Waals surface area contributed by atoms with Crippen molar-refractivity contribution >= 4 is 22.6 Å². The van der Waals surface area contributed by atoms with Crippen LogP contribution in [0.3, 0.4) is 0 Å². The van der Waals surface area contributed by atoms with Crippen LogP contribution in [0.2, 0.25) is 0 Å². The number of rotatable bonds is 3. The van der Waals surface area contributed by atoms with Gasteiger partial charge in [-0.3, -0.25) is 0 Å². The van der Waals surface area contributed by atoms with Gasteiger partial charge in [-0.05, 0) is 71.7 Å². The monoisotopic (exact) mass is 351 g/mol. The van der Waals surface area contributed by atoms with E-state index in [0.717, 1.165) is 6.42 Å². The van der Waals surface area contributed by atoms with Gasteiger partial charge >= 0.3 is 0 Å². The molecule has 0 heterocycles. The second-order valence-corrected chi connectivity index (χ2v) is 6.04. The molecule has 0 saturated heterocycles. The molecule has 1 nitrogen and oxygen atoms in total. The molecule has 0 spiro atoms. The highest BCUT2D eigenvalue weighted by atomic mass is 127. The van der Waals surface area contributed by atoms with E-state index in [-0.39, 0.29) is 6.04 Å². The lowest BCUT2D eigenvalue weighted by Crippen LogP contribution is -2.14. The van der Waals surface area contributed by atoms with Gasteiger partial charge < -0.3 is 5.73 Å². The van der Waals surface area contributed by atoms with Gasteiger partial charge in [-0.1, -0.05) is 35.9 Å². The summed E-state index contributed by atoms with van der Waals surface area (Å²) in [5.74, 6) is 0. The fourth-order valence-corrected chi connectivity index (χ4v) is 2.44. The molecule has 2 rings (SSSR count). The Morgan fingerprint density at radius 1 is 1.06 bits per heavy atom. The van der Waals surface area contributed by atoms with Crippen molar-refractivity contribution in [1.82, 2.24) is 0 Å². The van der Waals surface area contributed by atoms with Crippen LogP contribution >= 0.6 is 22.6 Å². The van der Waals surface area contributed by atoms with E-state index in [0.29, 0.717) is 0 Å².